The van der Waals surface area contributed by atoms with Gasteiger partial charge in [0, 0.05) is 0 Å². The third-order valence-electron chi connectivity index (χ3n) is 1.42. The van der Waals surface area contributed by atoms with Gasteiger partial charge in [-0.1, -0.05) is 30.3 Å². The fraction of sp³-hybridized carbons (Fsp3) is 0.125. The molecule has 0 spiro atoms. The van der Waals surface area contributed by atoms with Crippen LogP contribution in [0.25, 0.3) is 0 Å². The average molecular weight is 188 g/mol. The number of benzene rings is 1. The number of halogens is 1. The molecular weight excluding hydrogens is 178 g/mol. The molecule has 0 unspecified atom stereocenters. The Bertz CT molecular complexity index is 250. The Labute approximate surface area is 76.6 Å². The van der Waals surface area contributed by atoms with E-state index in [0.29, 0.717) is 5.56 Å². The van der Waals surface area contributed by atoms with Crippen LogP contribution in [-0.4, -0.2) is 11.1 Å². The van der Waals surface area contributed by atoms with Gasteiger partial charge in [-0.3, -0.25) is 4.79 Å². The van der Waals surface area contributed by atoms with Gasteiger partial charge in [-0.05, 0) is 5.56 Å². The van der Waals surface area contributed by atoms with Crippen molar-refractivity contribution in [3.8, 4) is 0 Å². The van der Waals surface area contributed by atoms with Crippen molar-refractivity contribution in [2.75, 3.05) is 0 Å². The number of aliphatic carboxylic acids is 1. The van der Waals surface area contributed by atoms with Gasteiger partial charge in [0.2, 0.25) is 0 Å². The summed E-state index contributed by atoms with van der Waals surface area (Å²) in [6.07, 6.45) is 0. The lowest BCUT2D eigenvalue weighted by molar-refractivity contribution is -0.138. The Balaban J connectivity index is 0.00000121. The molecule has 0 amide bonds. The van der Waals surface area contributed by atoms with Gasteiger partial charge in [0.15, 0.2) is 0 Å². The predicted molar refractivity (Wildman–Crippen MR) is 48.3 cm³/mol. The van der Waals surface area contributed by atoms with Crippen molar-refractivity contribution in [3.05, 3.63) is 35.9 Å². The molecule has 0 aliphatic rings. The minimum Gasteiger partial charge on any atom is -0.480 e. The quantitative estimate of drug-likeness (QED) is 0.731. The van der Waals surface area contributed by atoms with Crippen LogP contribution in [-0.2, 0) is 4.79 Å². The van der Waals surface area contributed by atoms with E-state index >= 15 is 0 Å². The summed E-state index contributed by atoms with van der Waals surface area (Å²) in [6.45, 7) is 0. The topological polar surface area (TPSA) is 63.3 Å². The van der Waals surface area contributed by atoms with Gasteiger partial charge in [0.05, 0.1) is 0 Å². The Hall–Kier alpha value is -1.06. The smallest absolute Gasteiger partial charge is 0.325 e. The molecule has 3 N–H and O–H groups in total. The third-order valence-corrected chi connectivity index (χ3v) is 1.42. The van der Waals surface area contributed by atoms with Crippen molar-refractivity contribution < 1.29 is 9.90 Å². The van der Waals surface area contributed by atoms with Crippen molar-refractivity contribution in [2.24, 2.45) is 5.73 Å². The summed E-state index contributed by atoms with van der Waals surface area (Å²) >= 11 is 0. The zero-order valence-electron chi connectivity index (χ0n) is 6.31. The molecule has 3 nitrogen and oxygen atoms in total. The minimum atomic E-state index is -1.00. The fourth-order valence-corrected chi connectivity index (χ4v) is 0.803. The van der Waals surface area contributed by atoms with Gasteiger partial charge in [0.25, 0.3) is 0 Å². The lowest BCUT2D eigenvalue weighted by Gasteiger charge is -2.04. The van der Waals surface area contributed by atoms with Crippen molar-refractivity contribution in [1.29, 1.82) is 0 Å². The highest BCUT2D eigenvalue weighted by molar-refractivity contribution is 5.85. The standard InChI is InChI=1S/C8H9NO2.ClH/c9-7(8(10)11)6-4-2-1-3-5-6;/h1-5,7H,9H2,(H,10,11);1H/t7-;/m0./s1. The Morgan fingerprint density at radius 1 is 1.33 bits per heavy atom. The van der Waals surface area contributed by atoms with E-state index in [2.05, 4.69) is 0 Å². The third kappa shape index (κ3) is 2.53. The molecule has 1 aromatic rings. The molecule has 4 heteroatoms. The maximum Gasteiger partial charge on any atom is 0.325 e. The summed E-state index contributed by atoms with van der Waals surface area (Å²) in [5.41, 5.74) is 5.96. The van der Waals surface area contributed by atoms with Crippen LogP contribution >= 0.6 is 12.4 Å². The summed E-state index contributed by atoms with van der Waals surface area (Å²) in [5.74, 6) is -1.00. The van der Waals surface area contributed by atoms with E-state index in [-0.39, 0.29) is 12.4 Å². The Kier molecular flexibility index (Phi) is 4.33. The first-order valence-electron chi connectivity index (χ1n) is 3.25. The number of carbonyl (C=O) groups is 1. The number of nitrogens with two attached hydrogens (primary N) is 1. The molecule has 0 saturated heterocycles. The molecule has 66 valence electrons. The van der Waals surface area contributed by atoms with E-state index in [1.165, 1.54) is 0 Å². The Morgan fingerprint density at radius 2 is 1.83 bits per heavy atom. The molecule has 0 heterocycles. The first-order chi connectivity index (χ1) is 5.22. The molecular formula is C8H10ClNO2. The highest BCUT2D eigenvalue weighted by Gasteiger charge is 2.12. The van der Waals surface area contributed by atoms with Crippen LogP contribution in [0.15, 0.2) is 30.3 Å². The van der Waals surface area contributed by atoms with E-state index in [1.807, 2.05) is 6.07 Å². The molecule has 0 saturated carbocycles. The summed E-state index contributed by atoms with van der Waals surface area (Å²) in [5, 5.41) is 8.51. The van der Waals surface area contributed by atoms with Crippen molar-refractivity contribution in [1.82, 2.24) is 0 Å². The van der Waals surface area contributed by atoms with E-state index in [4.69, 9.17) is 10.8 Å². The normalized spacial score (nSPS) is 11.4. The first kappa shape index (κ1) is 10.9. The molecule has 0 radical (unpaired) electrons. The predicted octanol–water partition coefficient (Wildman–Crippen LogP) is 1.19. The van der Waals surface area contributed by atoms with Gasteiger partial charge in [0.1, 0.15) is 6.04 Å². The van der Waals surface area contributed by atoms with Crippen LogP contribution in [0.3, 0.4) is 0 Å². The van der Waals surface area contributed by atoms with Crippen LogP contribution in [0, 0.1) is 0 Å². The van der Waals surface area contributed by atoms with Gasteiger partial charge < -0.3 is 10.8 Å². The van der Waals surface area contributed by atoms with Crippen molar-refractivity contribution in [3.63, 3.8) is 0 Å². The minimum absolute atomic E-state index is 0. The summed E-state index contributed by atoms with van der Waals surface area (Å²) in [7, 11) is 0. The number of carboxylic acid groups (broad SMARTS) is 1. The van der Waals surface area contributed by atoms with Crippen molar-refractivity contribution in [2.45, 2.75) is 6.04 Å². The number of rotatable bonds is 2. The SMILES string of the molecule is Cl.N[C@H](C(=O)O)c1ccccc1. The van der Waals surface area contributed by atoms with Crippen LogP contribution < -0.4 is 5.73 Å². The van der Waals surface area contributed by atoms with Gasteiger partial charge in [-0.15, -0.1) is 12.4 Å². The maximum absolute atomic E-state index is 10.4. The maximum atomic E-state index is 10.4. The molecule has 0 fully saturated rings. The highest BCUT2D eigenvalue weighted by atomic mass is 35.5. The fourth-order valence-electron chi connectivity index (χ4n) is 0.803. The first-order valence-corrected chi connectivity index (χ1v) is 3.25. The molecule has 1 aromatic carbocycles. The number of hydrogen-bond acceptors (Lipinski definition) is 2. The lowest BCUT2D eigenvalue weighted by atomic mass is 10.1. The van der Waals surface area contributed by atoms with E-state index < -0.39 is 12.0 Å². The summed E-state index contributed by atoms with van der Waals surface area (Å²) in [6, 6.07) is 7.82. The summed E-state index contributed by atoms with van der Waals surface area (Å²) < 4.78 is 0. The highest BCUT2D eigenvalue weighted by Crippen LogP contribution is 2.08. The van der Waals surface area contributed by atoms with Gasteiger partial charge in [-0.25, -0.2) is 0 Å². The molecule has 12 heavy (non-hydrogen) atoms. The number of hydrogen-bond donors (Lipinski definition) is 2. The van der Waals surface area contributed by atoms with E-state index in [1.54, 1.807) is 24.3 Å². The second-order valence-electron chi connectivity index (χ2n) is 2.23. The molecule has 0 aromatic heterocycles. The lowest BCUT2D eigenvalue weighted by Crippen LogP contribution is -2.20. The van der Waals surface area contributed by atoms with Gasteiger partial charge >= 0.3 is 5.97 Å². The molecule has 1 rings (SSSR count). The average Bonchev–Trinajstić information content (AvgIpc) is 2.05. The zero-order chi connectivity index (χ0) is 8.27. The van der Waals surface area contributed by atoms with Crippen LogP contribution in [0.5, 0.6) is 0 Å². The Morgan fingerprint density at radius 3 is 2.25 bits per heavy atom. The largest absolute Gasteiger partial charge is 0.480 e. The second kappa shape index (κ2) is 4.74. The number of carboxylic acids is 1. The van der Waals surface area contributed by atoms with E-state index in [0.717, 1.165) is 0 Å². The van der Waals surface area contributed by atoms with Crippen LogP contribution in [0.1, 0.15) is 11.6 Å². The molecule has 0 aliphatic carbocycles. The second-order valence-corrected chi connectivity index (χ2v) is 2.23. The zero-order valence-corrected chi connectivity index (χ0v) is 7.12. The molecule has 1 atom stereocenters. The monoisotopic (exact) mass is 187 g/mol. The molecule has 0 bridgehead atoms. The van der Waals surface area contributed by atoms with Crippen molar-refractivity contribution >= 4 is 18.4 Å². The van der Waals surface area contributed by atoms with E-state index in [9.17, 15) is 4.79 Å². The summed E-state index contributed by atoms with van der Waals surface area (Å²) in [4.78, 5) is 10.4. The van der Waals surface area contributed by atoms with Crippen LogP contribution in [0.4, 0.5) is 0 Å². The van der Waals surface area contributed by atoms with Crippen LogP contribution in [0.2, 0.25) is 0 Å². The molecule has 0 aliphatic heterocycles. The van der Waals surface area contributed by atoms with Gasteiger partial charge in [-0.2, -0.15) is 0 Å².